The van der Waals surface area contributed by atoms with Gasteiger partial charge in [0.1, 0.15) is 5.52 Å². The number of fused-ring (bicyclic) bond motifs is 1. The van der Waals surface area contributed by atoms with Crippen LogP contribution in [0, 0.1) is 5.41 Å². The number of hydrogen-bond acceptors (Lipinski definition) is 5. The molecule has 0 aliphatic heterocycles. The van der Waals surface area contributed by atoms with Crippen molar-refractivity contribution in [2.24, 2.45) is 5.41 Å². The van der Waals surface area contributed by atoms with Crippen LogP contribution in [0.3, 0.4) is 0 Å². The normalized spacial score (nSPS) is 17.7. The van der Waals surface area contributed by atoms with Crippen molar-refractivity contribution < 1.29 is 14.4 Å². The fourth-order valence-corrected chi connectivity index (χ4v) is 2.90. The van der Waals surface area contributed by atoms with Crippen LogP contribution in [-0.2, 0) is 11.1 Å². The van der Waals surface area contributed by atoms with Crippen molar-refractivity contribution in [3.8, 4) is 0 Å². The van der Waals surface area contributed by atoms with Gasteiger partial charge in [-0.3, -0.25) is 4.57 Å². The van der Waals surface area contributed by atoms with Crippen molar-refractivity contribution in [3.63, 3.8) is 0 Å². The molecule has 0 saturated heterocycles. The fourth-order valence-electron chi connectivity index (χ4n) is 2.17. The molecule has 0 atom stereocenters. The number of halogens is 1. The van der Waals surface area contributed by atoms with Crippen LogP contribution < -0.4 is 5.73 Å². The van der Waals surface area contributed by atoms with Crippen LogP contribution in [0.1, 0.15) is 12.8 Å². The van der Waals surface area contributed by atoms with E-state index in [0.29, 0.717) is 17.7 Å². The van der Waals surface area contributed by atoms with Crippen molar-refractivity contribution >= 4 is 36.3 Å². The predicted molar refractivity (Wildman–Crippen MR) is 77.6 cm³/mol. The Bertz CT molecular complexity index is 780. The summed E-state index contributed by atoms with van der Waals surface area (Å²) in [4.78, 5) is 30.0. The van der Waals surface area contributed by atoms with Crippen LogP contribution in [0.5, 0.6) is 0 Å². The van der Waals surface area contributed by atoms with E-state index in [2.05, 4.69) is 15.0 Å². The Hall–Kier alpha value is -1.47. The summed E-state index contributed by atoms with van der Waals surface area (Å²) in [5, 5.41) is 0.187. The van der Waals surface area contributed by atoms with E-state index < -0.39 is 7.60 Å². The highest BCUT2D eigenvalue weighted by molar-refractivity contribution is 7.55. The second-order valence-electron chi connectivity index (χ2n) is 5.18. The first-order chi connectivity index (χ1) is 9.78. The molecule has 0 radical (unpaired) electrons. The molecule has 1 fully saturated rings. The maximum absolute atomic E-state index is 10.9. The van der Waals surface area contributed by atoms with Crippen LogP contribution in [0.25, 0.3) is 11.2 Å². The molecule has 0 aromatic carbocycles. The summed E-state index contributed by atoms with van der Waals surface area (Å²) in [5.41, 5.74) is 6.28. The third kappa shape index (κ3) is 3.08. The topological polar surface area (TPSA) is 127 Å². The number of allylic oxidation sites excluding steroid dienone is 1. The first kappa shape index (κ1) is 14.5. The molecule has 1 saturated carbocycles. The van der Waals surface area contributed by atoms with E-state index in [0.717, 1.165) is 18.7 Å². The molecule has 1 aliphatic rings. The first-order valence-corrected chi connectivity index (χ1v) is 8.23. The maximum atomic E-state index is 10.9. The minimum absolute atomic E-state index is 0.0601. The number of aromatic nitrogens is 4. The third-order valence-corrected chi connectivity index (χ3v) is 4.24. The summed E-state index contributed by atoms with van der Waals surface area (Å²) in [6.07, 6.45) is 4.84. The summed E-state index contributed by atoms with van der Waals surface area (Å²) >= 11 is 5.96. The molecule has 10 heteroatoms. The van der Waals surface area contributed by atoms with E-state index in [1.54, 1.807) is 17.0 Å². The van der Waals surface area contributed by atoms with E-state index in [4.69, 9.17) is 27.1 Å². The second kappa shape index (κ2) is 4.78. The zero-order valence-electron chi connectivity index (χ0n) is 10.8. The van der Waals surface area contributed by atoms with Crippen LogP contribution in [0.2, 0.25) is 5.15 Å². The van der Waals surface area contributed by atoms with E-state index in [9.17, 15) is 4.57 Å². The SMILES string of the molecule is Nc1nc(Cl)c2ncn(CC3(C=CP(=O)(O)O)CC3)c2n1. The van der Waals surface area contributed by atoms with Gasteiger partial charge in [-0.1, -0.05) is 17.7 Å². The summed E-state index contributed by atoms with van der Waals surface area (Å²) in [6, 6.07) is 0. The molecule has 2 aromatic heterocycles. The molecule has 0 spiro atoms. The average molecular weight is 330 g/mol. The molecule has 2 aromatic rings. The van der Waals surface area contributed by atoms with Gasteiger partial charge >= 0.3 is 7.60 Å². The zero-order chi connectivity index (χ0) is 15.3. The van der Waals surface area contributed by atoms with Gasteiger partial charge in [0.2, 0.25) is 5.95 Å². The van der Waals surface area contributed by atoms with E-state index in [1.807, 2.05) is 0 Å². The number of nitrogens with zero attached hydrogens (tertiary/aromatic N) is 4. The molecule has 3 rings (SSSR count). The molecule has 0 unspecified atom stereocenters. The lowest BCUT2D eigenvalue weighted by Crippen LogP contribution is -2.09. The van der Waals surface area contributed by atoms with Crippen LogP contribution in [0.4, 0.5) is 5.95 Å². The Labute approximate surface area is 124 Å². The summed E-state index contributed by atoms with van der Waals surface area (Å²) in [5.74, 6) is 1.01. The van der Waals surface area contributed by atoms with Gasteiger partial charge in [-0.2, -0.15) is 9.97 Å². The Balaban J connectivity index is 1.92. The minimum atomic E-state index is -4.15. The molecule has 0 amide bonds. The molecular weight excluding hydrogens is 317 g/mol. The summed E-state index contributed by atoms with van der Waals surface area (Å²) in [7, 11) is -4.15. The summed E-state index contributed by atoms with van der Waals surface area (Å²) < 4.78 is 12.7. The van der Waals surface area contributed by atoms with Crippen molar-refractivity contribution in [2.45, 2.75) is 19.4 Å². The Kier molecular flexibility index (Phi) is 3.29. The predicted octanol–water partition coefficient (Wildman–Crippen LogP) is 1.53. The number of imidazole rings is 1. The minimum Gasteiger partial charge on any atom is -0.368 e. The molecule has 2 heterocycles. The maximum Gasteiger partial charge on any atom is 0.348 e. The van der Waals surface area contributed by atoms with Gasteiger partial charge in [0, 0.05) is 17.8 Å². The highest BCUT2D eigenvalue weighted by atomic mass is 35.5. The van der Waals surface area contributed by atoms with Crippen LogP contribution in [0.15, 0.2) is 18.2 Å². The van der Waals surface area contributed by atoms with Gasteiger partial charge in [-0.15, -0.1) is 0 Å². The molecule has 4 N–H and O–H groups in total. The monoisotopic (exact) mass is 329 g/mol. The van der Waals surface area contributed by atoms with Crippen LogP contribution in [-0.4, -0.2) is 29.3 Å². The highest BCUT2D eigenvalue weighted by Gasteiger charge is 2.41. The molecule has 21 heavy (non-hydrogen) atoms. The van der Waals surface area contributed by atoms with E-state index in [1.165, 1.54) is 0 Å². The first-order valence-electron chi connectivity index (χ1n) is 6.18. The van der Waals surface area contributed by atoms with Gasteiger partial charge in [0.15, 0.2) is 10.8 Å². The number of rotatable bonds is 4. The van der Waals surface area contributed by atoms with E-state index >= 15 is 0 Å². The molecular formula is C11H13ClN5O3P. The molecule has 8 nitrogen and oxygen atoms in total. The average Bonchev–Trinajstić information content (AvgIpc) is 3.02. The highest BCUT2D eigenvalue weighted by Crippen LogP contribution is 2.51. The van der Waals surface area contributed by atoms with Gasteiger partial charge < -0.3 is 20.1 Å². The van der Waals surface area contributed by atoms with Crippen molar-refractivity contribution in [3.05, 3.63) is 23.4 Å². The van der Waals surface area contributed by atoms with Gasteiger partial charge in [0.05, 0.1) is 6.33 Å². The third-order valence-electron chi connectivity index (χ3n) is 3.44. The standard InChI is InChI=1S/C11H13ClN5O3P/c12-8-7-9(16-10(13)15-8)17(6-14-7)5-11(1-2-11)3-4-21(18,19)20/h3-4,6H,1-2,5H2,(H2,13,15,16)(H2,18,19,20). The molecule has 112 valence electrons. The zero-order valence-corrected chi connectivity index (χ0v) is 12.5. The van der Waals surface area contributed by atoms with Crippen molar-refractivity contribution in [2.75, 3.05) is 5.73 Å². The fraction of sp³-hybridized carbons (Fsp3) is 0.364. The second-order valence-corrected chi connectivity index (χ2v) is 7.02. The van der Waals surface area contributed by atoms with Crippen molar-refractivity contribution in [1.82, 2.24) is 19.5 Å². The van der Waals surface area contributed by atoms with Crippen LogP contribution >= 0.6 is 19.2 Å². The lowest BCUT2D eigenvalue weighted by molar-refractivity contribution is 0.385. The largest absolute Gasteiger partial charge is 0.368 e. The van der Waals surface area contributed by atoms with Crippen molar-refractivity contribution in [1.29, 1.82) is 0 Å². The number of nitrogens with two attached hydrogens (primary N) is 1. The van der Waals surface area contributed by atoms with Gasteiger partial charge in [-0.25, -0.2) is 4.98 Å². The molecule has 1 aliphatic carbocycles. The van der Waals surface area contributed by atoms with E-state index in [-0.39, 0.29) is 16.5 Å². The van der Waals surface area contributed by atoms with Gasteiger partial charge in [-0.05, 0) is 12.8 Å². The Morgan fingerprint density at radius 1 is 1.48 bits per heavy atom. The summed E-state index contributed by atoms with van der Waals surface area (Å²) in [6.45, 7) is 0.507. The quantitative estimate of drug-likeness (QED) is 0.573. The Morgan fingerprint density at radius 3 is 2.81 bits per heavy atom. The lowest BCUT2D eigenvalue weighted by Gasteiger charge is -2.11. The smallest absolute Gasteiger partial charge is 0.348 e. The number of anilines is 1. The molecule has 0 bridgehead atoms. The van der Waals surface area contributed by atoms with Gasteiger partial charge in [0.25, 0.3) is 0 Å². The lowest BCUT2D eigenvalue weighted by atomic mass is 10.1. The Morgan fingerprint density at radius 2 is 2.19 bits per heavy atom. The number of hydrogen-bond donors (Lipinski definition) is 3. The number of nitrogen functional groups attached to an aromatic ring is 1.